The van der Waals surface area contributed by atoms with Gasteiger partial charge in [0, 0.05) is 31.1 Å². The van der Waals surface area contributed by atoms with Gasteiger partial charge in [0.25, 0.3) is 11.8 Å². The first-order chi connectivity index (χ1) is 15.5. The third-order valence-electron chi connectivity index (χ3n) is 5.54. The van der Waals surface area contributed by atoms with Crippen molar-refractivity contribution in [2.45, 2.75) is 33.1 Å². The van der Waals surface area contributed by atoms with E-state index < -0.39 is 0 Å². The Morgan fingerprint density at radius 3 is 2.41 bits per heavy atom. The molecule has 0 aliphatic carbocycles. The minimum absolute atomic E-state index is 0.0692. The SMILES string of the molecule is CCN(CC)C(=O)CNC(=O)c1sc(-c2ccccc2)cc1OCC(=O)N1CCCCC1. The number of thiophene rings is 1. The smallest absolute Gasteiger partial charge is 0.265 e. The summed E-state index contributed by atoms with van der Waals surface area (Å²) in [4.78, 5) is 42.4. The van der Waals surface area contributed by atoms with Gasteiger partial charge in [0.2, 0.25) is 5.91 Å². The van der Waals surface area contributed by atoms with Crippen LogP contribution in [0.2, 0.25) is 0 Å². The standard InChI is InChI=1S/C24H31N3O4S/c1-3-26(4-2)21(28)16-25-24(30)23-19(15-20(32-23)18-11-7-5-8-12-18)31-17-22(29)27-13-9-6-10-14-27/h5,7-8,11-12,15H,3-4,6,9-10,13-14,16-17H2,1-2H3,(H,25,30). The molecule has 0 spiro atoms. The van der Waals surface area contributed by atoms with Gasteiger partial charge in [-0.15, -0.1) is 11.3 Å². The molecule has 3 amide bonds. The number of rotatable bonds is 9. The maximum Gasteiger partial charge on any atom is 0.265 e. The van der Waals surface area contributed by atoms with E-state index in [4.69, 9.17) is 4.74 Å². The van der Waals surface area contributed by atoms with Gasteiger partial charge < -0.3 is 19.9 Å². The van der Waals surface area contributed by atoms with Crippen LogP contribution < -0.4 is 10.1 Å². The van der Waals surface area contributed by atoms with Crippen molar-refractivity contribution in [2.24, 2.45) is 0 Å². The molecule has 1 fully saturated rings. The van der Waals surface area contributed by atoms with Gasteiger partial charge >= 0.3 is 0 Å². The van der Waals surface area contributed by atoms with Crippen LogP contribution in [0.1, 0.15) is 42.8 Å². The Labute approximate surface area is 193 Å². The predicted octanol–water partition coefficient (Wildman–Crippen LogP) is 3.40. The summed E-state index contributed by atoms with van der Waals surface area (Å²) in [5.41, 5.74) is 0.961. The largest absolute Gasteiger partial charge is 0.482 e. The third kappa shape index (κ3) is 6.09. The van der Waals surface area contributed by atoms with Gasteiger partial charge in [-0.1, -0.05) is 30.3 Å². The maximum atomic E-state index is 12.9. The van der Waals surface area contributed by atoms with Crippen LogP contribution in [-0.2, 0) is 9.59 Å². The lowest BCUT2D eigenvalue weighted by Crippen LogP contribution is -2.40. The molecule has 1 aliphatic heterocycles. The number of piperidine rings is 1. The third-order valence-corrected chi connectivity index (χ3v) is 6.70. The van der Waals surface area contributed by atoms with Gasteiger partial charge in [0.1, 0.15) is 10.6 Å². The van der Waals surface area contributed by atoms with Gasteiger partial charge in [-0.05, 0) is 44.7 Å². The Kier molecular flexibility index (Phi) is 8.67. The molecule has 0 bridgehead atoms. The number of nitrogens with zero attached hydrogens (tertiary/aromatic N) is 2. The molecule has 0 saturated carbocycles. The second-order valence-corrected chi connectivity index (χ2v) is 8.70. The Hall–Kier alpha value is -2.87. The van der Waals surface area contributed by atoms with Crippen molar-refractivity contribution < 1.29 is 19.1 Å². The van der Waals surface area contributed by atoms with Crippen LogP contribution in [0.3, 0.4) is 0 Å². The van der Waals surface area contributed by atoms with E-state index in [-0.39, 0.29) is 30.9 Å². The number of likely N-dealkylation sites (N-methyl/N-ethyl adjacent to an activating group) is 1. The molecule has 1 N–H and O–H groups in total. The highest BCUT2D eigenvalue weighted by atomic mass is 32.1. The summed E-state index contributed by atoms with van der Waals surface area (Å²) in [5, 5.41) is 2.71. The molecule has 0 unspecified atom stereocenters. The molecule has 2 aromatic rings. The quantitative estimate of drug-likeness (QED) is 0.626. The molecule has 172 valence electrons. The predicted molar refractivity (Wildman–Crippen MR) is 126 cm³/mol. The summed E-state index contributed by atoms with van der Waals surface area (Å²) in [7, 11) is 0. The topological polar surface area (TPSA) is 79.0 Å². The van der Waals surface area contributed by atoms with Crippen LogP contribution >= 0.6 is 11.3 Å². The number of benzene rings is 1. The van der Waals surface area contributed by atoms with E-state index in [2.05, 4.69) is 5.32 Å². The molecule has 7 nitrogen and oxygen atoms in total. The molecule has 1 aliphatic rings. The fourth-order valence-corrected chi connectivity index (χ4v) is 4.71. The second kappa shape index (κ2) is 11.7. The number of carbonyl (C=O) groups is 3. The Balaban J connectivity index is 1.73. The van der Waals surface area contributed by atoms with Crippen LogP contribution in [0.5, 0.6) is 5.75 Å². The molecule has 1 saturated heterocycles. The zero-order valence-electron chi connectivity index (χ0n) is 18.8. The summed E-state index contributed by atoms with van der Waals surface area (Å²) in [6.07, 6.45) is 3.17. The first kappa shape index (κ1) is 23.8. The van der Waals surface area contributed by atoms with Crippen LogP contribution in [0.25, 0.3) is 10.4 Å². The van der Waals surface area contributed by atoms with Crippen LogP contribution in [-0.4, -0.2) is 66.9 Å². The van der Waals surface area contributed by atoms with Gasteiger partial charge in [-0.2, -0.15) is 0 Å². The lowest BCUT2D eigenvalue weighted by Gasteiger charge is -2.26. The van der Waals surface area contributed by atoms with E-state index in [9.17, 15) is 14.4 Å². The number of likely N-dealkylation sites (tertiary alicyclic amines) is 1. The molecule has 8 heteroatoms. The molecule has 3 rings (SSSR count). The number of carbonyl (C=O) groups excluding carboxylic acids is 3. The maximum absolute atomic E-state index is 12.9. The Bertz CT molecular complexity index is 919. The summed E-state index contributed by atoms with van der Waals surface area (Å²) in [6, 6.07) is 11.5. The van der Waals surface area contributed by atoms with Crippen molar-refractivity contribution in [3.63, 3.8) is 0 Å². The average Bonchev–Trinajstić information content (AvgIpc) is 3.27. The van der Waals surface area contributed by atoms with Crippen LogP contribution in [0.15, 0.2) is 36.4 Å². The molecular formula is C24H31N3O4S. The van der Waals surface area contributed by atoms with E-state index in [0.29, 0.717) is 23.7 Å². The fourth-order valence-electron chi connectivity index (χ4n) is 3.68. The number of hydrogen-bond donors (Lipinski definition) is 1. The van der Waals surface area contributed by atoms with Gasteiger partial charge in [-0.3, -0.25) is 14.4 Å². The van der Waals surface area contributed by atoms with Gasteiger partial charge in [0.05, 0.1) is 6.54 Å². The van der Waals surface area contributed by atoms with Crippen molar-refractivity contribution in [3.05, 3.63) is 41.3 Å². The van der Waals surface area contributed by atoms with Gasteiger partial charge in [0.15, 0.2) is 6.61 Å². The van der Waals surface area contributed by atoms with E-state index in [0.717, 1.165) is 42.8 Å². The van der Waals surface area contributed by atoms with Crippen LogP contribution in [0, 0.1) is 0 Å². The molecule has 32 heavy (non-hydrogen) atoms. The lowest BCUT2D eigenvalue weighted by molar-refractivity contribution is -0.134. The van der Waals surface area contributed by atoms with Gasteiger partial charge in [-0.25, -0.2) is 0 Å². The first-order valence-corrected chi connectivity index (χ1v) is 12.0. The monoisotopic (exact) mass is 457 g/mol. The second-order valence-electron chi connectivity index (χ2n) is 7.65. The van der Waals surface area contributed by atoms with E-state index in [1.54, 1.807) is 11.0 Å². The van der Waals surface area contributed by atoms with Crippen molar-refractivity contribution in [1.29, 1.82) is 0 Å². The normalized spacial score (nSPS) is 13.5. The minimum atomic E-state index is -0.377. The number of amides is 3. The van der Waals surface area contributed by atoms with E-state index in [1.807, 2.05) is 49.1 Å². The van der Waals surface area contributed by atoms with Crippen molar-refractivity contribution >= 4 is 29.1 Å². The Morgan fingerprint density at radius 1 is 1.06 bits per heavy atom. The molecule has 1 aromatic carbocycles. The minimum Gasteiger partial charge on any atom is -0.482 e. The van der Waals surface area contributed by atoms with E-state index >= 15 is 0 Å². The molecule has 2 heterocycles. The average molecular weight is 458 g/mol. The lowest BCUT2D eigenvalue weighted by atomic mass is 10.1. The molecule has 0 atom stereocenters. The summed E-state index contributed by atoms with van der Waals surface area (Å²) in [6.45, 7) is 6.31. The molecular weight excluding hydrogens is 426 g/mol. The highest BCUT2D eigenvalue weighted by molar-refractivity contribution is 7.17. The first-order valence-electron chi connectivity index (χ1n) is 11.2. The number of nitrogens with one attached hydrogen (secondary N) is 1. The molecule has 1 aromatic heterocycles. The fraction of sp³-hybridized carbons (Fsp3) is 0.458. The highest BCUT2D eigenvalue weighted by Gasteiger charge is 2.22. The molecule has 0 radical (unpaired) electrons. The van der Waals surface area contributed by atoms with Crippen LogP contribution in [0.4, 0.5) is 0 Å². The summed E-state index contributed by atoms with van der Waals surface area (Å²) < 4.78 is 5.84. The van der Waals surface area contributed by atoms with Crippen molar-refractivity contribution in [1.82, 2.24) is 15.1 Å². The Morgan fingerprint density at radius 2 is 1.75 bits per heavy atom. The zero-order chi connectivity index (χ0) is 22.9. The van der Waals surface area contributed by atoms with E-state index in [1.165, 1.54) is 11.3 Å². The number of hydrogen-bond acceptors (Lipinski definition) is 5. The van der Waals surface area contributed by atoms with Crippen molar-refractivity contribution in [3.8, 4) is 16.2 Å². The number of ether oxygens (including phenoxy) is 1. The van der Waals surface area contributed by atoms with Crippen molar-refractivity contribution in [2.75, 3.05) is 39.3 Å². The summed E-state index contributed by atoms with van der Waals surface area (Å²) in [5.74, 6) is -0.212. The highest BCUT2D eigenvalue weighted by Crippen LogP contribution is 2.36. The summed E-state index contributed by atoms with van der Waals surface area (Å²) >= 11 is 1.29. The zero-order valence-corrected chi connectivity index (χ0v) is 19.6.